The van der Waals surface area contributed by atoms with E-state index in [4.69, 9.17) is 14.2 Å². The summed E-state index contributed by atoms with van der Waals surface area (Å²) in [6.45, 7) is 4.13. The predicted molar refractivity (Wildman–Crippen MR) is 73.0 cm³/mol. The highest BCUT2D eigenvalue weighted by Gasteiger charge is 2.51. The summed E-state index contributed by atoms with van der Waals surface area (Å²) >= 11 is 0. The molecule has 0 bridgehead atoms. The summed E-state index contributed by atoms with van der Waals surface area (Å²) < 4.78 is 16.4. The molecule has 1 aliphatic carbocycles. The summed E-state index contributed by atoms with van der Waals surface area (Å²) in [5.41, 5.74) is -0.170. The molecular formula is C15H22O4. The van der Waals surface area contributed by atoms with E-state index in [9.17, 15) is 5.11 Å². The van der Waals surface area contributed by atoms with Crippen LogP contribution in [0.2, 0.25) is 0 Å². The van der Waals surface area contributed by atoms with E-state index >= 15 is 0 Å². The molecule has 0 heterocycles. The van der Waals surface area contributed by atoms with Crippen LogP contribution < -0.4 is 14.2 Å². The molecule has 1 fully saturated rings. The zero-order valence-corrected chi connectivity index (χ0v) is 12.0. The van der Waals surface area contributed by atoms with Crippen molar-refractivity contribution in [3.63, 3.8) is 0 Å². The maximum atomic E-state index is 9.89. The molecule has 1 saturated carbocycles. The molecule has 2 rings (SSSR count). The second-order valence-corrected chi connectivity index (χ2v) is 5.27. The Morgan fingerprint density at radius 3 is 2.11 bits per heavy atom. The highest BCUT2D eigenvalue weighted by atomic mass is 16.5. The van der Waals surface area contributed by atoms with E-state index in [0.29, 0.717) is 23.7 Å². The Balaban J connectivity index is 2.15. The van der Waals surface area contributed by atoms with Gasteiger partial charge in [-0.25, -0.2) is 0 Å². The second kappa shape index (κ2) is 5.29. The van der Waals surface area contributed by atoms with Gasteiger partial charge in [-0.1, -0.05) is 13.8 Å². The van der Waals surface area contributed by atoms with Gasteiger partial charge in [0.25, 0.3) is 0 Å². The van der Waals surface area contributed by atoms with Gasteiger partial charge < -0.3 is 19.3 Å². The quantitative estimate of drug-likeness (QED) is 0.890. The smallest absolute Gasteiger partial charge is 0.127 e. The molecule has 0 spiro atoms. The van der Waals surface area contributed by atoms with Crippen molar-refractivity contribution in [3.05, 3.63) is 18.2 Å². The zero-order chi connectivity index (χ0) is 14.0. The highest BCUT2D eigenvalue weighted by molar-refractivity contribution is 5.42. The minimum atomic E-state index is -0.282. The Morgan fingerprint density at radius 1 is 1.16 bits per heavy atom. The molecular weight excluding hydrogens is 244 g/mol. The van der Waals surface area contributed by atoms with Crippen LogP contribution >= 0.6 is 0 Å². The number of ether oxygens (including phenoxy) is 3. The molecule has 0 aromatic heterocycles. The third-order valence-corrected chi connectivity index (χ3v) is 4.30. The molecule has 0 aliphatic heterocycles. The number of hydrogen-bond acceptors (Lipinski definition) is 4. The largest absolute Gasteiger partial charge is 0.496 e. The average molecular weight is 266 g/mol. The van der Waals surface area contributed by atoms with Crippen LogP contribution in [-0.4, -0.2) is 31.5 Å². The summed E-state index contributed by atoms with van der Waals surface area (Å²) in [7, 11) is 3.23. The fraction of sp³-hybridized carbons (Fsp3) is 0.600. The van der Waals surface area contributed by atoms with E-state index in [2.05, 4.69) is 13.8 Å². The third-order valence-electron chi connectivity index (χ3n) is 4.30. The van der Waals surface area contributed by atoms with Crippen LogP contribution in [0.4, 0.5) is 0 Å². The summed E-state index contributed by atoms with van der Waals surface area (Å²) in [6, 6.07) is 5.48. The van der Waals surface area contributed by atoms with E-state index in [1.807, 2.05) is 18.2 Å². The summed E-state index contributed by atoms with van der Waals surface area (Å²) in [5, 5.41) is 9.89. The Kier molecular flexibility index (Phi) is 3.90. The molecule has 106 valence electrons. The van der Waals surface area contributed by atoms with Gasteiger partial charge in [0.2, 0.25) is 0 Å². The van der Waals surface area contributed by atoms with Crippen molar-refractivity contribution in [1.29, 1.82) is 0 Å². The number of aliphatic hydroxyl groups excluding tert-OH is 1. The summed E-state index contributed by atoms with van der Waals surface area (Å²) in [5.74, 6) is 2.12. The second-order valence-electron chi connectivity index (χ2n) is 5.27. The highest BCUT2D eigenvalue weighted by Crippen LogP contribution is 2.46. The summed E-state index contributed by atoms with van der Waals surface area (Å²) in [6.07, 6.45) is 1.31. The molecule has 0 amide bonds. The number of benzene rings is 1. The fourth-order valence-electron chi connectivity index (χ4n) is 2.45. The lowest BCUT2D eigenvalue weighted by atomic mass is 9.63. The minimum absolute atomic E-state index is 0.0318. The molecule has 3 unspecified atom stereocenters. The first-order chi connectivity index (χ1) is 9.03. The topological polar surface area (TPSA) is 47.9 Å². The van der Waals surface area contributed by atoms with Gasteiger partial charge >= 0.3 is 0 Å². The van der Waals surface area contributed by atoms with Gasteiger partial charge in [-0.3, -0.25) is 0 Å². The number of rotatable bonds is 5. The SMILES string of the molecule is CCC1(C)C(O)CC1Oc1cc(OC)cc(OC)c1. The predicted octanol–water partition coefficient (Wildman–Crippen LogP) is 2.63. The molecule has 1 aromatic carbocycles. The number of aliphatic hydroxyl groups is 1. The first-order valence-corrected chi connectivity index (χ1v) is 6.61. The average Bonchev–Trinajstić information content (AvgIpc) is 2.45. The standard InChI is InChI=1S/C15H22O4/c1-5-15(2)13(16)9-14(15)19-12-7-10(17-3)6-11(8-12)18-4/h6-8,13-14,16H,5,9H2,1-4H3. The molecule has 4 heteroatoms. The Bertz CT molecular complexity index is 424. The first-order valence-electron chi connectivity index (χ1n) is 6.61. The van der Waals surface area contributed by atoms with Crippen molar-refractivity contribution in [1.82, 2.24) is 0 Å². The maximum absolute atomic E-state index is 9.89. The molecule has 0 saturated heterocycles. The van der Waals surface area contributed by atoms with Crippen molar-refractivity contribution in [2.45, 2.75) is 38.9 Å². The van der Waals surface area contributed by atoms with E-state index < -0.39 is 0 Å². The monoisotopic (exact) mass is 266 g/mol. The molecule has 3 atom stereocenters. The Hall–Kier alpha value is -1.42. The molecule has 1 aromatic rings. The molecule has 0 radical (unpaired) electrons. The number of methoxy groups -OCH3 is 2. The van der Waals surface area contributed by atoms with Crippen molar-refractivity contribution < 1.29 is 19.3 Å². The van der Waals surface area contributed by atoms with E-state index in [1.165, 1.54) is 0 Å². The lowest BCUT2D eigenvalue weighted by molar-refractivity contribution is -0.147. The van der Waals surface area contributed by atoms with Gasteiger partial charge in [-0.05, 0) is 6.42 Å². The number of hydrogen-bond donors (Lipinski definition) is 1. The van der Waals surface area contributed by atoms with E-state index in [1.54, 1.807) is 14.2 Å². The summed E-state index contributed by atoms with van der Waals surface area (Å²) in [4.78, 5) is 0. The first kappa shape index (κ1) is 14.0. The van der Waals surface area contributed by atoms with Gasteiger partial charge in [0, 0.05) is 30.0 Å². The van der Waals surface area contributed by atoms with Crippen LogP contribution in [0.3, 0.4) is 0 Å². The van der Waals surface area contributed by atoms with Gasteiger partial charge in [-0.15, -0.1) is 0 Å². The van der Waals surface area contributed by atoms with E-state index in [-0.39, 0.29) is 17.6 Å². The third kappa shape index (κ3) is 2.50. The van der Waals surface area contributed by atoms with Crippen molar-refractivity contribution in [3.8, 4) is 17.2 Å². The van der Waals surface area contributed by atoms with Crippen LogP contribution in [0.5, 0.6) is 17.2 Å². The van der Waals surface area contributed by atoms with Gasteiger partial charge in [0.1, 0.15) is 23.4 Å². The minimum Gasteiger partial charge on any atom is -0.496 e. The van der Waals surface area contributed by atoms with Crippen molar-refractivity contribution in [2.75, 3.05) is 14.2 Å². The normalized spacial score (nSPS) is 29.5. The van der Waals surface area contributed by atoms with Gasteiger partial charge in [0.05, 0.1) is 20.3 Å². The lowest BCUT2D eigenvalue weighted by Gasteiger charge is -2.50. The molecule has 1 aliphatic rings. The zero-order valence-electron chi connectivity index (χ0n) is 12.0. The maximum Gasteiger partial charge on any atom is 0.127 e. The molecule has 19 heavy (non-hydrogen) atoms. The van der Waals surface area contributed by atoms with Gasteiger partial charge in [0.15, 0.2) is 0 Å². The van der Waals surface area contributed by atoms with Crippen LogP contribution in [0.25, 0.3) is 0 Å². The van der Waals surface area contributed by atoms with Crippen LogP contribution in [0, 0.1) is 5.41 Å². The fourth-order valence-corrected chi connectivity index (χ4v) is 2.45. The van der Waals surface area contributed by atoms with Gasteiger partial charge in [-0.2, -0.15) is 0 Å². The van der Waals surface area contributed by atoms with Crippen LogP contribution in [-0.2, 0) is 0 Å². The lowest BCUT2D eigenvalue weighted by Crippen LogP contribution is -2.57. The Morgan fingerprint density at radius 2 is 1.68 bits per heavy atom. The Labute approximate surface area is 114 Å². The van der Waals surface area contributed by atoms with Crippen molar-refractivity contribution in [2.24, 2.45) is 5.41 Å². The van der Waals surface area contributed by atoms with Crippen LogP contribution in [0.15, 0.2) is 18.2 Å². The van der Waals surface area contributed by atoms with E-state index in [0.717, 1.165) is 6.42 Å². The molecule has 4 nitrogen and oxygen atoms in total. The molecule has 1 N–H and O–H groups in total. The van der Waals surface area contributed by atoms with Crippen molar-refractivity contribution >= 4 is 0 Å². The van der Waals surface area contributed by atoms with Crippen LogP contribution in [0.1, 0.15) is 26.7 Å².